The van der Waals surface area contributed by atoms with Gasteiger partial charge in [0, 0.05) is 12.3 Å². The lowest BCUT2D eigenvalue weighted by Crippen LogP contribution is -2.25. The van der Waals surface area contributed by atoms with Gasteiger partial charge in [-0.2, -0.15) is 23.0 Å². The Labute approximate surface area is 147 Å². The molecule has 0 saturated carbocycles. The molecule has 140 valence electrons. The molecule has 2 aromatic rings. The summed E-state index contributed by atoms with van der Waals surface area (Å²) in [5, 5.41) is 6.71. The summed E-state index contributed by atoms with van der Waals surface area (Å²) >= 11 is 0. The molecule has 1 saturated heterocycles. The van der Waals surface area contributed by atoms with Crippen molar-refractivity contribution in [2.75, 3.05) is 16.8 Å². The highest BCUT2D eigenvalue weighted by Crippen LogP contribution is 2.29. The maximum Gasteiger partial charge on any atom is 0.417 e. The SMILES string of the molecule is Cc1cc(NC(=O)C2CCS(=O)(=O)C2)n(-c2ccc(C(F)(F)F)cn2)n1. The monoisotopic (exact) mass is 388 g/mol. The van der Waals surface area contributed by atoms with Gasteiger partial charge in [-0.3, -0.25) is 4.79 Å². The van der Waals surface area contributed by atoms with Crippen LogP contribution in [0.5, 0.6) is 0 Å². The number of hydrogen-bond donors (Lipinski definition) is 1. The standard InChI is InChI=1S/C15H15F3N4O3S/c1-9-6-13(20-14(23)10-4-5-26(24,25)8-10)22(21-9)12-3-2-11(7-19-12)15(16,17)18/h2-3,6-7,10H,4-5,8H2,1H3,(H,20,23). The van der Waals surface area contributed by atoms with Crippen LogP contribution in [-0.4, -0.2) is 40.6 Å². The van der Waals surface area contributed by atoms with Crippen molar-refractivity contribution in [3.63, 3.8) is 0 Å². The Balaban J connectivity index is 1.83. The molecule has 11 heteroatoms. The first-order chi connectivity index (χ1) is 12.0. The molecule has 1 amide bonds. The molecule has 1 atom stereocenters. The molecule has 0 spiro atoms. The van der Waals surface area contributed by atoms with Crippen molar-refractivity contribution in [3.8, 4) is 5.82 Å². The van der Waals surface area contributed by atoms with Gasteiger partial charge in [-0.05, 0) is 25.5 Å². The lowest BCUT2D eigenvalue weighted by molar-refractivity contribution is -0.137. The first kappa shape index (κ1) is 18.4. The molecule has 2 aromatic heterocycles. The molecule has 1 unspecified atom stereocenters. The highest BCUT2D eigenvalue weighted by molar-refractivity contribution is 7.91. The van der Waals surface area contributed by atoms with Gasteiger partial charge in [0.25, 0.3) is 0 Å². The van der Waals surface area contributed by atoms with Crippen molar-refractivity contribution in [3.05, 3.63) is 35.7 Å². The number of amides is 1. The maximum absolute atomic E-state index is 12.6. The molecule has 0 bridgehead atoms. The average Bonchev–Trinajstić information content (AvgIpc) is 3.09. The second-order valence-electron chi connectivity index (χ2n) is 6.07. The quantitative estimate of drug-likeness (QED) is 0.868. The lowest BCUT2D eigenvalue weighted by atomic mass is 10.1. The molecule has 0 radical (unpaired) electrons. The van der Waals surface area contributed by atoms with Crippen LogP contribution in [-0.2, 0) is 20.8 Å². The van der Waals surface area contributed by atoms with Crippen molar-refractivity contribution in [1.82, 2.24) is 14.8 Å². The first-order valence-electron chi connectivity index (χ1n) is 7.67. The van der Waals surface area contributed by atoms with E-state index < -0.39 is 33.4 Å². The zero-order chi connectivity index (χ0) is 19.1. The number of carbonyl (C=O) groups excluding carboxylic acids is 1. The molecule has 1 fully saturated rings. The second kappa shape index (κ2) is 6.38. The van der Waals surface area contributed by atoms with E-state index in [4.69, 9.17) is 0 Å². The molecular formula is C15H15F3N4O3S. The van der Waals surface area contributed by atoms with E-state index in [9.17, 15) is 26.4 Å². The van der Waals surface area contributed by atoms with Crippen LogP contribution in [0, 0.1) is 12.8 Å². The summed E-state index contributed by atoms with van der Waals surface area (Å²) in [5.41, 5.74) is -0.382. The zero-order valence-corrected chi connectivity index (χ0v) is 14.4. The second-order valence-corrected chi connectivity index (χ2v) is 8.30. The van der Waals surface area contributed by atoms with Crippen LogP contribution in [0.3, 0.4) is 0 Å². The fraction of sp³-hybridized carbons (Fsp3) is 0.400. The molecule has 3 heterocycles. The Hall–Kier alpha value is -2.43. The van der Waals surface area contributed by atoms with Crippen LogP contribution in [0.4, 0.5) is 19.0 Å². The molecule has 3 rings (SSSR count). The summed E-state index contributed by atoms with van der Waals surface area (Å²) in [4.78, 5) is 16.0. The van der Waals surface area contributed by atoms with Gasteiger partial charge in [0.15, 0.2) is 15.7 Å². The van der Waals surface area contributed by atoms with Crippen LogP contribution < -0.4 is 5.32 Å². The predicted octanol–water partition coefficient (Wildman–Crippen LogP) is 1.97. The highest BCUT2D eigenvalue weighted by Gasteiger charge is 2.34. The van der Waals surface area contributed by atoms with Gasteiger partial charge in [0.05, 0.1) is 28.7 Å². The van der Waals surface area contributed by atoms with Gasteiger partial charge in [-0.25, -0.2) is 13.4 Å². The molecule has 7 nitrogen and oxygen atoms in total. The molecule has 26 heavy (non-hydrogen) atoms. The van der Waals surface area contributed by atoms with E-state index in [1.165, 1.54) is 10.7 Å². The van der Waals surface area contributed by atoms with Gasteiger partial charge < -0.3 is 5.32 Å². The Morgan fingerprint density at radius 2 is 2.08 bits per heavy atom. The number of sulfone groups is 1. The van der Waals surface area contributed by atoms with Gasteiger partial charge in [0.2, 0.25) is 5.91 Å². The molecular weight excluding hydrogens is 373 g/mol. The highest BCUT2D eigenvalue weighted by atomic mass is 32.2. The minimum atomic E-state index is -4.50. The number of aromatic nitrogens is 3. The molecule has 1 aliphatic rings. The number of alkyl halides is 3. The van der Waals surface area contributed by atoms with E-state index in [-0.39, 0.29) is 29.6 Å². The Morgan fingerprint density at radius 1 is 1.35 bits per heavy atom. The normalized spacial score (nSPS) is 19.5. The summed E-state index contributed by atoms with van der Waals surface area (Å²) in [6.45, 7) is 1.65. The van der Waals surface area contributed by atoms with Crippen molar-refractivity contribution in [2.45, 2.75) is 19.5 Å². The number of nitrogens with zero attached hydrogens (tertiary/aromatic N) is 3. The van der Waals surface area contributed by atoms with E-state index in [1.54, 1.807) is 6.92 Å². The Kier molecular flexibility index (Phi) is 4.51. The summed E-state index contributed by atoms with van der Waals surface area (Å²) < 4.78 is 62.1. The molecule has 1 aliphatic heterocycles. The largest absolute Gasteiger partial charge is 0.417 e. The van der Waals surface area contributed by atoms with Crippen molar-refractivity contribution in [2.24, 2.45) is 5.92 Å². The Morgan fingerprint density at radius 3 is 2.62 bits per heavy atom. The van der Waals surface area contributed by atoms with Crippen molar-refractivity contribution < 1.29 is 26.4 Å². The lowest BCUT2D eigenvalue weighted by Gasteiger charge is -2.12. The summed E-state index contributed by atoms with van der Waals surface area (Å²) in [6, 6.07) is 3.54. The predicted molar refractivity (Wildman–Crippen MR) is 86.5 cm³/mol. The molecule has 1 N–H and O–H groups in total. The number of nitrogens with one attached hydrogen (secondary N) is 1. The van der Waals surface area contributed by atoms with E-state index in [0.29, 0.717) is 11.9 Å². The van der Waals surface area contributed by atoms with Crippen LogP contribution in [0.15, 0.2) is 24.4 Å². The summed E-state index contributed by atoms with van der Waals surface area (Å²) in [7, 11) is -3.21. The number of rotatable bonds is 3. The van der Waals surface area contributed by atoms with Gasteiger partial charge >= 0.3 is 6.18 Å². The Bertz CT molecular complexity index is 936. The van der Waals surface area contributed by atoms with Crippen LogP contribution in [0.25, 0.3) is 5.82 Å². The number of halogens is 3. The number of hydrogen-bond acceptors (Lipinski definition) is 5. The molecule has 0 aliphatic carbocycles. The number of anilines is 1. The van der Waals surface area contributed by atoms with Crippen molar-refractivity contribution >= 4 is 21.6 Å². The summed E-state index contributed by atoms with van der Waals surface area (Å²) in [5.74, 6) is -1.08. The topological polar surface area (TPSA) is 94.0 Å². The van der Waals surface area contributed by atoms with E-state index in [2.05, 4.69) is 15.4 Å². The van der Waals surface area contributed by atoms with Crippen LogP contribution in [0.1, 0.15) is 17.7 Å². The first-order valence-corrected chi connectivity index (χ1v) is 9.49. The fourth-order valence-corrected chi connectivity index (χ4v) is 4.41. The third kappa shape index (κ3) is 3.87. The van der Waals surface area contributed by atoms with E-state index in [0.717, 1.165) is 12.1 Å². The summed E-state index contributed by atoms with van der Waals surface area (Å²) in [6.07, 6.45) is -3.59. The van der Waals surface area contributed by atoms with Crippen LogP contribution in [0.2, 0.25) is 0 Å². The zero-order valence-electron chi connectivity index (χ0n) is 13.6. The van der Waals surface area contributed by atoms with Gasteiger partial charge in [-0.15, -0.1) is 0 Å². The number of pyridine rings is 1. The average molecular weight is 388 g/mol. The fourth-order valence-electron chi connectivity index (χ4n) is 2.67. The number of aryl methyl sites for hydroxylation is 1. The third-order valence-corrected chi connectivity index (χ3v) is 5.75. The smallest absolute Gasteiger partial charge is 0.310 e. The van der Waals surface area contributed by atoms with Crippen LogP contribution >= 0.6 is 0 Å². The van der Waals surface area contributed by atoms with E-state index in [1.807, 2.05) is 0 Å². The van der Waals surface area contributed by atoms with Gasteiger partial charge in [-0.1, -0.05) is 0 Å². The number of carbonyl (C=O) groups is 1. The minimum Gasteiger partial charge on any atom is -0.310 e. The minimum absolute atomic E-state index is 0.0379. The third-order valence-electron chi connectivity index (χ3n) is 3.98. The van der Waals surface area contributed by atoms with Gasteiger partial charge in [0.1, 0.15) is 5.82 Å². The maximum atomic E-state index is 12.6. The van der Waals surface area contributed by atoms with Crippen molar-refractivity contribution in [1.29, 1.82) is 0 Å². The van der Waals surface area contributed by atoms with E-state index >= 15 is 0 Å². The molecule has 0 aromatic carbocycles.